The Labute approximate surface area is 134 Å². The number of benzene rings is 2. The third-order valence-electron chi connectivity index (χ3n) is 3.97. The molecule has 0 radical (unpaired) electrons. The van der Waals surface area contributed by atoms with Gasteiger partial charge in [0.2, 0.25) is 0 Å². The summed E-state index contributed by atoms with van der Waals surface area (Å²) in [5.41, 5.74) is 4.92. The van der Waals surface area contributed by atoms with Gasteiger partial charge in [-0.25, -0.2) is 0 Å². The van der Waals surface area contributed by atoms with E-state index in [9.17, 15) is 4.79 Å². The largest absolute Gasteiger partial charge is 0.358 e. The van der Waals surface area contributed by atoms with Crippen molar-refractivity contribution in [2.45, 2.75) is 20.4 Å². The Hall–Kier alpha value is -2.26. The molecule has 2 aromatic carbocycles. The van der Waals surface area contributed by atoms with Gasteiger partial charge in [0.05, 0.1) is 0 Å². The average molecular weight is 313 g/mol. The molecule has 0 aliphatic rings. The number of carbonyl (C=O) groups excluding carboxylic acids is 1. The number of aromatic nitrogens is 1. The number of amides is 1. The zero-order valence-electron chi connectivity index (χ0n) is 12.5. The minimum Gasteiger partial charge on any atom is -0.358 e. The maximum atomic E-state index is 12.3. The van der Waals surface area contributed by atoms with E-state index in [1.165, 1.54) is 5.56 Å². The van der Waals surface area contributed by atoms with Crippen LogP contribution in [0.15, 0.2) is 42.5 Å². The molecule has 112 valence electrons. The molecular weight excluding hydrogens is 296 g/mol. The van der Waals surface area contributed by atoms with Crippen LogP contribution in [0.3, 0.4) is 0 Å². The quantitative estimate of drug-likeness (QED) is 0.741. The lowest BCUT2D eigenvalue weighted by molar-refractivity contribution is 0.0951. The van der Waals surface area contributed by atoms with Crippen LogP contribution in [0.4, 0.5) is 0 Å². The number of carbonyl (C=O) groups is 1. The summed E-state index contributed by atoms with van der Waals surface area (Å²) in [7, 11) is 0. The minimum atomic E-state index is -0.0972. The Morgan fingerprint density at radius 2 is 1.95 bits per heavy atom. The van der Waals surface area contributed by atoms with Crippen LogP contribution in [0.2, 0.25) is 5.02 Å². The van der Waals surface area contributed by atoms with Crippen molar-refractivity contribution in [2.24, 2.45) is 0 Å². The van der Waals surface area contributed by atoms with E-state index >= 15 is 0 Å². The Morgan fingerprint density at radius 1 is 1.18 bits per heavy atom. The van der Waals surface area contributed by atoms with Crippen molar-refractivity contribution in [3.8, 4) is 0 Å². The van der Waals surface area contributed by atoms with Crippen LogP contribution in [-0.2, 0) is 6.54 Å². The Balaban J connectivity index is 1.80. The molecule has 3 aromatic rings. The van der Waals surface area contributed by atoms with Gasteiger partial charge in [-0.15, -0.1) is 0 Å². The molecule has 1 heterocycles. The molecular formula is C18H17ClN2O. The summed E-state index contributed by atoms with van der Waals surface area (Å²) < 4.78 is 0. The van der Waals surface area contributed by atoms with Crippen LogP contribution in [-0.4, -0.2) is 10.9 Å². The molecule has 1 amide bonds. The number of fused-ring (bicyclic) bond motifs is 1. The molecule has 4 heteroatoms. The fraction of sp³-hybridized carbons (Fsp3) is 0.167. The van der Waals surface area contributed by atoms with Crippen LogP contribution in [0.1, 0.15) is 27.2 Å². The number of halogens is 1. The molecule has 0 aliphatic heterocycles. The van der Waals surface area contributed by atoms with E-state index in [4.69, 9.17) is 11.6 Å². The molecule has 0 saturated carbocycles. The van der Waals surface area contributed by atoms with E-state index in [2.05, 4.69) is 17.2 Å². The van der Waals surface area contributed by atoms with E-state index in [-0.39, 0.29) is 5.91 Å². The third kappa shape index (κ3) is 2.72. The van der Waals surface area contributed by atoms with Gasteiger partial charge >= 0.3 is 0 Å². The zero-order chi connectivity index (χ0) is 15.7. The Morgan fingerprint density at radius 3 is 2.73 bits per heavy atom. The molecule has 3 rings (SSSR count). The molecule has 3 nitrogen and oxygen atoms in total. The number of nitrogens with one attached hydrogen (secondary N) is 2. The molecule has 0 aliphatic carbocycles. The summed E-state index contributed by atoms with van der Waals surface area (Å²) in [4.78, 5) is 15.6. The highest BCUT2D eigenvalue weighted by atomic mass is 35.5. The summed E-state index contributed by atoms with van der Waals surface area (Å²) >= 11 is 6.10. The molecule has 1 aromatic heterocycles. The van der Waals surface area contributed by atoms with Gasteiger partial charge in [0.15, 0.2) is 0 Å². The summed E-state index contributed by atoms with van der Waals surface area (Å²) in [6.45, 7) is 4.51. The van der Waals surface area contributed by atoms with Crippen molar-refractivity contribution in [1.82, 2.24) is 10.3 Å². The van der Waals surface area contributed by atoms with Gasteiger partial charge in [-0.2, -0.15) is 0 Å². The lowest BCUT2D eigenvalue weighted by atomic mass is 10.1. The predicted molar refractivity (Wildman–Crippen MR) is 90.4 cm³/mol. The first-order valence-electron chi connectivity index (χ1n) is 7.17. The zero-order valence-corrected chi connectivity index (χ0v) is 13.3. The second-order valence-corrected chi connectivity index (χ2v) is 5.82. The van der Waals surface area contributed by atoms with Gasteiger partial charge in [0.1, 0.15) is 0 Å². The van der Waals surface area contributed by atoms with Crippen LogP contribution in [0.5, 0.6) is 0 Å². The highest BCUT2D eigenvalue weighted by Gasteiger charge is 2.10. The van der Waals surface area contributed by atoms with Gasteiger partial charge in [-0.05, 0) is 49.2 Å². The molecule has 0 bridgehead atoms. The first-order chi connectivity index (χ1) is 10.6. The molecule has 2 N–H and O–H groups in total. The van der Waals surface area contributed by atoms with Gasteiger partial charge in [-0.1, -0.05) is 29.8 Å². The van der Waals surface area contributed by atoms with Crippen molar-refractivity contribution in [3.05, 3.63) is 69.9 Å². The van der Waals surface area contributed by atoms with Gasteiger partial charge < -0.3 is 10.3 Å². The normalized spacial score (nSPS) is 10.9. The smallest absolute Gasteiger partial charge is 0.251 e. The molecule has 22 heavy (non-hydrogen) atoms. The Bertz CT molecular complexity index is 851. The highest BCUT2D eigenvalue weighted by molar-refractivity contribution is 6.31. The van der Waals surface area contributed by atoms with Crippen molar-refractivity contribution < 1.29 is 4.79 Å². The highest BCUT2D eigenvalue weighted by Crippen LogP contribution is 2.22. The lowest BCUT2D eigenvalue weighted by Crippen LogP contribution is -2.22. The summed E-state index contributed by atoms with van der Waals surface area (Å²) in [6.07, 6.45) is 0. The minimum absolute atomic E-state index is 0.0972. The van der Waals surface area contributed by atoms with Gasteiger partial charge in [0.25, 0.3) is 5.91 Å². The number of aromatic amines is 1. The third-order valence-corrected chi connectivity index (χ3v) is 4.34. The van der Waals surface area contributed by atoms with E-state index in [1.54, 1.807) is 0 Å². The standard InChI is InChI=1S/C18H17ClN2O/c1-11-12(2)21-17-8-7-13(9-15(11)17)18(22)20-10-14-5-3-4-6-16(14)19/h3-9,21H,10H2,1-2H3,(H,20,22). The van der Waals surface area contributed by atoms with Crippen molar-refractivity contribution in [1.29, 1.82) is 0 Å². The monoisotopic (exact) mass is 312 g/mol. The fourth-order valence-corrected chi connectivity index (χ4v) is 2.72. The number of hydrogen-bond acceptors (Lipinski definition) is 1. The Kier molecular flexibility index (Phi) is 3.90. The maximum Gasteiger partial charge on any atom is 0.251 e. The van der Waals surface area contributed by atoms with Crippen LogP contribution < -0.4 is 5.32 Å². The summed E-state index contributed by atoms with van der Waals surface area (Å²) in [6, 6.07) is 13.2. The molecule has 0 unspecified atom stereocenters. The van der Waals surface area contributed by atoms with E-state index in [0.717, 1.165) is 22.2 Å². The first-order valence-corrected chi connectivity index (χ1v) is 7.54. The fourth-order valence-electron chi connectivity index (χ4n) is 2.52. The molecule has 0 atom stereocenters. The molecule has 0 spiro atoms. The van der Waals surface area contributed by atoms with E-state index < -0.39 is 0 Å². The maximum absolute atomic E-state index is 12.3. The number of H-pyrrole nitrogens is 1. The summed E-state index contributed by atoms with van der Waals surface area (Å²) in [5.74, 6) is -0.0972. The van der Waals surface area contributed by atoms with Gasteiger partial charge in [0, 0.05) is 33.7 Å². The topological polar surface area (TPSA) is 44.9 Å². The van der Waals surface area contributed by atoms with Crippen LogP contribution in [0, 0.1) is 13.8 Å². The summed E-state index contributed by atoms with van der Waals surface area (Å²) in [5, 5.41) is 4.66. The van der Waals surface area contributed by atoms with Crippen molar-refractivity contribution in [3.63, 3.8) is 0 Å². The van der Waals surface area contributed by atoms with Crippen LogP contribution in [0.25, 0.3) is 10.9 Å². The van der Waals surface area contributed by atoms with Crippen molar-refractivity contribution >= 4 is 28.4 Å². The number of rotatable bonds is 3. The average Bonchev–Trinajstić information content (AvgIpc) is 2.81. The van der Waals surface area contributed by atoms with Crippen LogP contribution >= 0.6 is 11.6 Å². The SMILES string of the molecule is Cc1[nH]c2ccc(C(=O)NCc3ccccc3Cl)cc2c1C. The first kappa shape index (κ1) is 14.7. The second-order valence-electron chi connectivity index (χ2n) is 5.41. The predicted octanol–water partition coefficient (Wildman–Crippen LogP) is 4.37. The number of hydrogen-bond donors (Lipinski definition) is 2. The van der Waals surface area contributed by atoms with Crippen molar-refractivity contribution in [2.75, 3.05) is 0 Å². The lowest BCUT2D eigenvalue weighted by Gasteiger charge is -2.07. The molecule has 0 fully saturated rings. The van der Waals surface area contributed by atoms with Gasteiger partial charge in [-0.3, -0.25) is 4.79 Å². The molecule has 0 saturated heterocycles. The van der Waals surface area contributed by atoms with E-state index in [1.807, 2.05) is 49.4 Å². The van der Waals surface area contributed by atoms with E-state index in [0.29, 0.717) is 17.1 Å². The second kappa shape index (κ2) is 5.85. The number of aryl methyl sites for hydroxylation is 2.